The van der Waals surface area contributed by atoms with Crippen LogP contribution in [0.25, 0.3) is 0 Å². The summed E-state index contributed by atoms with van der Waals surface area (Å²) in [5.74, 6) is 0.460. The maximum absolute atomic E-state index is 14.7. The molecule has 3 aromatic carbocycles. The van der Waals surface area contributed by atoms with E-state index in [1.807, 2.05) is 18.2 Å². The number of nitrogens with zero attached hydrogens (tertiary/aromatic N) is 1. The van der Waals surface area contributed by atoms with Crippen LogP contribution in [0.15, 0.2) is 66.7 Å². The third-order valence-electron chi connectivity index (χ3n) is 6.81. The molecule has 5 rings (SSSR count). The summed E-state index contributed by atoms with van der Waals surface area (Å²) in [6.45, 7) is 2.09. The Kier molecular flexibility index (Phi) is 5.56. The molecule has 1 saturated heterocycles. The first kappa shape index (κ1) is 20.6. The van der Waals surface area contributed by atoms with Crippen LogP contribution in [-0.4, -0.2) is 31.1 Å². The Bertz CT molecular complexity index is 1110. The van der Waals surface area contributed by atoms with Gasteiger partial charge in [-0.05, 0) is 48.2 Å². The number of anilines is 1. The van der Waals surface area contributed by atoms with E-state index in [-0.39, 0.29) is 29.3 Å². The first-order valence-corrected chi connectivity index (χ1v) is 11.1. The lowest BCUT2D eigenvalue weighted by Crippen LogP contribution is -2.34. The van der Waals surface area contributed by atoms with E-state index in [0.29, 0.717) is 17.9 Å². The highest BCUT2D eigenvalue weighted by molar-refractivity contribution is 5.57. The van der Waals surface area contributed by atoms with Gasteiger partial charge in [0, 0.05) is 48.2 Å². The van der Waals surface area contributed by atoms with Crippen LogP contribution in [0.1, 0.15) is 41.4 Å². The van der Waals surface area contributed by atoms with E-state index in [1.54, 1.807) is 18.2 Å². The van der Waals surface area contributed by atoms with Crippen LogP contribution in [-0.2, 0) is 4.79 Å². The average Bonchev–Trinajstić information content (AvgIpc) is 2.84. The summed E-state index contributed by atoms with van der Waals surface area (Å²) >= 11 is 0. The second-order valence-electron chi connectivity index (χ2n) is 8.69. The molecule has 5 heteroatoms. The minimum Gasteiger partial charge on any atom is -0.508 e. The molecule has 2 heterocycles. The van der Waals surface area contributed by atoms with Crippen LogP contribution < -0.4 is 9.64 Å². The minimum absolute atomic E-state index is 0.0916. The summed E-state index contributed by atoms with van der Waals surface area (Å²) in [6.07, 6.45) is 2.85. The van der Waals surface area contributed by atoms with Crippen molar-refractivity contribution in [2.24, 2.45) is 5.92 Å². The fourth-order valence-corrected chi connectivity index (χ4v) is 5.04. The Morgan fingerprint density at radius 2 is 1.72 bits per heavy atom. The summed E-state index contributed by atoms with van der Waals surface area (Å²) in [7, 11) is 0. The molecule has 0 saturated carbocycles. The Morgan fingerprint density at radius 1 is 0.969 bits per heavy atom. The molecule has 2 unspecified atom stereocenters. The summed E-state index contributed by atoms with van der Waals surface area (Å²) in [4.78, 5) is 13.4. The third kappa shape index (κ3) is 3.83. The molecule has 2 aliphatic rings. The summed E-state index contributed by atoms with van der Waals surface area (Å²) in [6, 6.07) is 20.5. The number of aromatic hydroxyl groups is 1. The standard InChI is InChI=1S/C27H26FNO3/c28-25-4-2-1-3-22(25)24-17-32-26-15-21(31)9-10-23(26)27(24)19-5-7-20(8-6-19)29-13-11-18(16-30)12-14-29/h1-10,15-16,18,24,27,31H,11-14,17H2. The Labute approximate surface area is 187 Å². The van der Waals surface area contributed by atoms with E-state index in [1.165, 1.54) is 6.07 Å². The number of ether oxygens (including phenoxy) is 1. The van der Waals surface area contributed by atoms with Gasteiger partial charge in [0.25, 0.3) is 0 Å². The number of fused-ring (bicyclic) bond motifs is 1. The smallest absolute Gasteiger partial charge is 0.126 e. The lowest BCUT2D eigenvalue weighted by atomic mass is 9.75. The van der Waals surface area contributed by atoms with Crippen LogP contribution >= 0.6 is 0 Å². The van der Waals surface area contributed by atoms with Gasteiger partial charge >= 0.3 is 0 Å². The van der Waals surface area contributed by atoms with Crippen molar-refractivity contribution in [3.8, 4) is 11.5 Å². The highest BCUT2D eigenvalue weighted by Gasteiger charge is 2.35. The van der Waals surface area contributed by atoms with Gasteiger partial charge in [-0.3, -0.25) is 0 Å². The van der Waals surface area contributed by atoms with Crippen molar-refractivity contribution < 1.29 is 19.0 Å². The molecule has 164 valence electrons. The maximum Gasteiger partial charge on any atom is 0.126 e. The van der Waals surface area contributed by atoms with Gasteiger partial charge in [0.2, 0.25) is 0 Å². The van der Waals surface area contributed by atoms with Crippen molar-refractivity contribution in [3.05, 3.63) is 89.2 Å². The van der Waals surface area contributed by atoms with E-state index < -0.39 is 0 Å². The van der Waals surface area contributed by atoms with Crippen molar-refractivity contribution in [2.45, 2.75) is 24.7 Å². The molecular formula is C27H26FNO3. The van der Waals surface area contributed by atoms with E-state index >= 15 is 0 Å². The second kappa shape index (κ2) is 8.65. The van der Waals surface area contributed by atoms with Crippen molar-refractivity contribution in [3.63, 3.8) is 0 Å². The number of phenols is 1. The fourth-order valence-electron chi connectivity index (χ4n) is 5.04. The number of rotatable bonds is 4. The third-order valence-corrected chi connectivity index (χ3v) is 6.81. The zero-order valence-corrected chi connectivity index (χ0v) is 17.8. The summed E-state index contributed by atoms with van der Waals surface area (Å²) < 4.78 is 20.7. The topological polar surface area (TPSA) is 49.8 Å². The van der Waals surface area contributed by atoms with Gasteiger partial charge in [-0.2, -0.15) is 0 Å². The lowest BCUT2D eigenvalue weighted by Gasteiger charge is -2.35. The number of benzene rings is 3. The number of hydrogen-bond acceptors (Lipinski definition) is 4. The molecule has 3 aromatic rings. The molecule has 2 atom stereocenters. The van der Waals surface area contributed by atoms with E-state index in [9.17, 15) is 14.3 Å². The number of hydrogen-bond donors (Lipinski definition) is 1. The molecule has 0 aromatic heterocycles. The van der Waals surface area contributed by atoms with Crippen molar-refractivity contribution in [1.29, 1.82) is 0 Å². The highest BCUT2D eigenvalue weighted by atomic mass is 19.1. The molecule has 1 fully saturated rings. The van der Waals surface area contributed by atoms with E-state index in [2.05, 4.69) is 29.2 Å². The number of piperidine rings is 1. The Hall–Kier alpha value is -3.34. The Balaban J connectivity index is 1.50. The molecule has 0 radical (unpaired) electrons. The minimum atomic E-state index is -0.233. The normalized spacial score (nSPS) is 21.0. The fraction of sp³-hybridized carbons (Fsp3) is 0.296. The predicted octanol–water partition coefficient (Wildman–Crippen LogP) is 5.25. The Morgan fingerprint density at radius 3 is 2.44 bits per heavy atom. The molecule has 0 aliphatic carbocycles. The first-order chi connectivity index (χ1) is 15.6. The molecular weight excluding hydrogens is 405 g/mol. The molecule has 2 aliphatic heterocycles. The maximum atomic E-state index is 14.7. The predicted molar refractivity (Wildman–Crippen MR) is 122 cm³/mol. The number of phenolic OH excluding ortho intramolecular Hbond substituents is 1. The number of aldehydes is 1. The van der Waals surface area contributed by atoms with Gasteiger partial charge in [-0.15, -0.1) is 0 Å². The van der Waals surface area contributed by atoms with Gasteiger partial charge in [-0.1, -0.05) is 36.4 Å². The van der Waals surface area contributed by atoms with Crippen LogP contribution in [0.2, 0.25) is 0 Å². The SMILES string of the molecule is O=CC1CCN(c2ccc(C3c4ccc(O)cc4OCC3c3ccccc3F)cc2)CC1. The van der Waals surface area contributed by atoms with Gasteiger partial charge < -0.3 is 19.5 Å². The molecule has 0 bridgehead atoms. The molecule has 0 spiro atoms. The molecule has 32 heavy (non-hydrogen) atoms. The summed E-state index contributed by atoms with van der Waals surface area (Å²) in [5, 5.41) is 9.92. The van der Waals surface area contributed by atoms with Crippen LogP contribution in [0.3, 0.4) is 0 Å². The second-order valence-corrected chi connectivity index (χ2v) is 8.69. The monoisotopic (exact) mass is 431 g/mol. The van der Waals surface area contributed by atoms with Crippen LogP contribution in [0.4, 0.5) is 10.1 Å². The van der Waals surface area contributed by atoms with Crippen LogP contribution in [0, 0.1) is 11.7 Å². The number of carbonyl (C=O) groups excluding carboxylic acids is 1. The van der Waals surface area contributed by atoms with Crippen molar-refractivity contribution in [2.75, 3.05) is 24.6 Å². The van der Waals surface area contributed by atoms with Crippen LogP contribution in [0.5, 0.6) is 11.5 Å². The highest BCUT2D eigenvalue weighted by Crippen LogP contribution is 2.47. The zero-order valence-electron chi connectivity index (χ0n) is 17.8. The van der Waals surface area contributed by atoms with Gasteiger partial charge in [0.05, 0.1) is 6.61 Å². The van der Waals surface area contributed by atoms with E-state index in [0.717, 1.165) is 49.0 Å². The van der Waals surface area contributed by atoms with E-state index in [4.69, 9.17) is 4.74 Å². The number of halogens is 1. The number of carbonyl (C=O) groups is 1. The largest absolute Gasteiger partial charge is 0.508 e. The van der Waals surface area contributed by atoms with Gasteiger partial charge in [0.15, 0.2) is 0 Å². The first-order valence-electron chi connectivity index (χ1n) is 11.1. The quantitative estimate of drug-likeness (QED) is 0.573. The molecule has 4 nitrogen and oxygen atoms in total. The van der Waals surface area contributed by atoms with Crippen molar-refractivity contribution in [1.82, 2.24) is 0 Å². The zero-order chi connectivity index (χ0) is 22.1. The summed E-state index contributed by atoms with van der Waals surface area (Å²) in [5.41, 5.74) is 3.80. The molecule has 1 N–H and O–H groups in total. The van der Waals surface area contributed by atoms with Gasteiger partial charge in [-0.25, -0.2) is 4.39 Å². The van der Waals surface area contributed by atoms with Gasteiger partial charge in [0.1, 0.15) is 23.6 Å². The lowest BCUT2D eigenvalue weighted by molar-refractivity contribution is -0.111. The molecule has 0 amide bonds. The average molecular weight is 432 g/mol. The van der Waals surface area contributed by atoms with Crippen molar-refractivity contribution >= 4 is 12.0 Å².